The van der Waals surface area contributed by atoms with E-state index in [9.17, 15) is 0 Å². The van der Waals surface area contributed by atoms with Crippen LogP contribution < -0.4 is 0 Å². The zero-order valence-electron chi connectivity index (χ0n) is 6.61. The van der Waals surface area contributed by atoms with E-state index in [4.69, 9.17) is 0 Å². The number of hydrogen-bond acceptors (Lipinski definition) is 3. The van der Waals surface area contributed by atoms with Crippen LogP contribution in [0.2, 0.25) is 0 Å². The lowest BCUT2D eigenvalue weighted by atomic mass is 10.4. The van der Waals surface area contributed by atoms with Crippen molar-refractivity contribution in [1.82, 2.24) is 0 Å². The summed E-state index contributed by atoms with van der Waals surface area (Å²) in [7, 11) is 0. The zero-order valence-corrected chi connectivity index (χ0v) is 9.06. The molecule has 2 rings (SSSR count). The first-order valence-corrected chi connectivity index (χ1v) is 6.55. The van der Waals surface area contributed by atoms with Crippen LogP contribution in [-0.2, 0) is 0 Å². The number of hydrogen-bond donors (Lipinski definition) is 0. The van der Waals surface area contributed by atoms with Crippen molar-refractivity contribution in [3.8, 4) is 9.75 Å². The molecular weight excluding hydrogens is 204 g/mol. The highest BCUT2D eigenvalue weighted by Crippen LogP contribution is 2.37. The van der Waals surface area contributed by atoms with Crippen LogP contribution in [0.1, 0.15) is 0 Å². The molecule has 3 heteroatoms. The topological polar surface area (TPSA) is 0 Å². The minimum absolute atomic E-state index is 1.38. The van der Waals surface area contributed by atoms with E-state index in [1.54, 1.807) is 0 Å². The van der Waals surface area contributed by atoms with Crippen molar-refractivity contribution in [3.63, 3.8) is 0 Å². The molecule has 0 fully saturated rings. The summed E-state index contributed by atoms with van der Waals surface area (Å²) in [4.78, 5) is 4.19. The van der Waals surface area contributed by atoms with Gasteiger partial charge in [0.2, 0.25) is 0 Å². The zero-order chi connectivity index (χ0) is 8.39. The molecule has 12 heavy (non-hydrogen) atoms. The van der Waals surface area contributed by atoms with E-state index < -0.39 is 0 Å². The molecule has 0 saturated heterocycles. The molecule has 0 N–H and O–H groups in total. The highest BCUT2D eigenvalue weighted by Gasteiger charge is 2.05. The Bertz CT molecular complexity index is 345. The highest BCUT2D eigenvalue weighted by atomic mass is 32.2. The largest absolute Gasteiger partial charge is 0.143 e. The molecule has 0 aromatic carbocycles. The highest BCUT2D eigenvalue weighted by molar-refractivity contribution is 7.98. The van der Waals surface area contributed by atoms with Gasteiger partial charge in [-0.05, 0) is 29.1 Å². The molecule has 2 aromatic heterocycles. The SMILES string of the molecule is CSc1ccsc1-c1cccs1. The van der Waals surface area contributed by atoms with Crippen molar-refractivity contribution in [2.45, 2.75) is 4.90 Å². The maximum atomic E-state index is 2.18. The van der Waals surface area contributed by atoms with Crippen molar-refractivity contribution in [3.05, 3.63) is 29.0 Å². The molecule has 0 amide bonds. The number of rotatable bonds is 2. The summed E-state index contributed by atoms with van der Waals surface area (Å²) in [5.41, 5.74) is 0. The molecule has 0 spiro atoms. The molecule has 62 valence electrons. The summed E-state index contributed by atoms with van der Waals surface area (Å²) < 4.78 is 0. The van der Waals surface area contributed by atoms with E-state index in [0.717, 1.165) is 0 Å². The second kappa shape index (κ2) is 3.64. The molecule has 0 unspecified atom stereocenters. The molecule has 0 aliphatic carbocycles. The van der Waals surface area contributed by atoms with E-state index >= 15 is 0 Å². The van der Waals surface area contributed by atoms with E-state index in [1.807, 2.05) is 34.4 Å². The number of thioether (sulfide) groups is 1. The van der Waals surface area contributed by atoms with Crippen LogP contribution in [0.3, 0.4) is 0 Å². The van der Waals surface area contributed by atoms with Crippen LogP contribution in [0.4, 0.5) is 0 Å². The lowest BCUT2D eigenvalue weighted by molar-refractivity contribution is 1.60. The van der Waals surface area contributed by atoms with Crippen LogP contribution >= 0.6 is 34.4 Å². The average Bonchev–Trinajstić information content (AvgIpc) is 2.74. The van der Waals surface area contributed by atoms with Crippen molar-refractivity contribution in [2.24, 2.45) is 0 Å². The Morgan fingerprint density at radius 3 is 2.75 bits per heavy atom. The smallest absolute Gasteiger partial charge is 0.0578 e. The van der Waals surface area contributed by atoms with Crippen LogP contribution in [0.5, 0.6) is 0 Å². The number of thiophene rings is 2. The molecule has 0 bridgehead atoms. The van der Waals surface area contributed by atoms with Crippen molar-refractivity contribution >= 4 is 34.4 Å². The van der Waals surface area contributed by atoms with E-state index in [2.05, 4.69) is 35.2 Å². The van der Waals surface area contributed by atoms with Gasteiger partial charge in [0.1, 0.15) is 0 Å². The fraction of sp³-hybridized carbons (Fsp3) is 0.111. The third kappa shape index (κ3) is 1.44. The molecule has 0 aliphatic heterocycles. The van der Waals surface area contributed by atoms with Gasteiger partial charge in [-0.2, -0.15) is 0 Å². The normalized spacial score (nSPS) is 10.4. The Kier molecular flexibility index (Phi) is 2.54. The van der Waals surface area contributed by atoms with Crippen LogP contribution in [-0.4, -0.2) is 6.26 Å². The van der Waals surface area contributed by atoms with E-state index in [0.29, 0.717) is 0 Å². The Morgan fingerprint density at radius 1 is 1.17 bits per heavy atom. The van der Waals surface area contributed by atoms with Gasteiger partial charge in [-0.15, -0.1) is 34.4 Å². The summed E-state index contributed by atoms with van der Waals surface area (Å²) in [6.07, 6.45) is 2.12. The maximum absolute atomic E-state index is 2.18. The first-order valence-electron chi connectivity index (χ1n) is 3.57. The second-order valence-electron chi connectivity index (χ2n) is 2.30. The Labute approximate surface area is 84.3 Å². The molecule has 0 nitrogen and oxygen atoms in total. The van der Waals surface area contributed by atoms with Gasteiger partial charge in [-0.1, -0.05) is 6.07 Å². The van der Waals surface area contributed by atoms with Crippen molar-refractivity contribution < 1.29 is 0 Å². The first-order chi connectivity index (χ1) is 5.92. The van der Waals surface area contributed by atoms with Crippen molar-refractivity contribution in [1.29, 1.82) is 0 Å². The fourth-order valence-corrected chi connectivity index (χ4v) is 3.77. The summed E-state index contributed by atoms with van der Waals surface area (Å²) >= 11 is 5.45. The van der Waals surface area contributed by atoms with Gasteiger partial charge in [0.05, 0.1) is 4.88 Å². The van der Waals surface area contributed by atoms with Crippen molar-refractivity contribution in [2.75, 3.05) is 6.26 Å². The fourth-order valence-electron chi connectivity index (χ4n) is 1.05. The van der Waals surface area contributed by atoms with E-state index in [1.165, 1.54) is 14.6 Å². The third-order valence-corrected chi connectivity index (χ3v) is 4.47. The standard InChI is InChI=1S/C9H8S3/c1-10-7-4-6-12-9(7)8-3-2-5-11-8/h2-6H,1H3. The van der Waals surface area contributed by atoms with Gasteiger partial charge < -0.3 is 0 Å². The van der Waals surface area contributed by atoms with Gasteiger partial charge >= 0.3 is 0 Å². The molecule has 2 aromatic rings. The van der Waals surface area contributed by atoms with Gasteiger partial charge in [-0.25, -0.2) is 0 Å². The summed E-state index contributed by atoms with van der Waals surface area (Å²) in [5.74, 6) is 0. The van der Waals surface area contributed by atoms with Gasteiger partial charge in [0, 0.05) is 9.77 Å². The lowest BCUT2D eigenvalue weighted by Crippen LogP contribution is -1.66. The molecule has 0 radical (unpaired) electrons. The quantitative estimate of drug-likeness (QED) is 0.672. The summed E-state index contributed by atoms with van der Waals surface area (Å²) in [5, 5.41) is 4.28. The third-order valence-electron chi connectivity index (χ3n) is 1.59. The van der Waals surface area contributed by atoms with Crippen LogP contribution in [0.25, 0.3) is 9.75 Å². The maximum Gasteiger partial charge on any atom is 0.0578 e. The monoisotopic (exact) mass is 212 g/mol. The van der Waals surface area contributed by atoms with Crippen LogP contribution in [0, 0.1) is 0 Å². The molecule has 0 atom stereocenters. The van der Waals surface area contributed by atoms with Gasteiger partial charge in [0.25, 0.3) is 0 Å². The predicted molar refractivity (Wildman–Crippen MR) is 59.4 cm³/mol. The second-order valence-corrected chi connectivity index (χ2v) is 5.01. The summed E-state index contributed by atoms with van der Waals surface area (Å²) in [6, 6.07) is 6.46. The van der Waals surface area contributed by atoms with Crippen LogP contribution in [0.15, 0.2) is 33.9 Å². The Hall–Kier alpha value is -0.250. The molecular formula is C9H8S3. The van der Waals surface area contributed by atoms with Gasteiger partial charge in [-0.3, -0.25) is 0 Å². The summed E-state index contributed by atoms with van der Waals surface area (Å²) in [6.45, 7) is 0. The Balaban J connectivity index is 2.46. The first kappa shape index (κ1) is 8.35. The minimum atomic E-state index is 1.38. The molecule has 0 aliphatic rings. The minimum Gasteiger partial charge on any atom is -0.143 e. The lowest BCUT2D eigenvalue weighted by Gasteiger charge is -1.95. The predicted octanol–water partition coefficient (Wildman–Crippen LogP) is 4.20. The average molecular weight is 212 g/mol. The molecule has 2 heterocycles. The Morgan fingerprint density at radius 2 is 2.08 bits per heavy atom. The van der Waals surface area contributed by atoms with Gasteiger partial charge in [0.15, 0.2) is 0 Å². The molecule has 0 saturated carbocycles. The van der Waals surface area contributed by atoms with E-state index in [-0.39, 0.29) is 0 Å².